The van der Waals surface area contributed by atoms with Crippen LogP contribution in [0, 0.1) is 5.92 Å². The third kappa shape index (κ3) is 3.86. The van der Waals surface area contributed by atoms with Gasteiger partial charge in [-0.25, -0.2) is 0 Å². The molecule has 1 aliphatic heterocycles. The molecule has 3 rings (SSSR count). The zero-order chi connectivity index (χ0) is 16.9. The average molecular weight is 335 g/mol. The van der Waals surface area contributed by atoms with Crippen LogP contribution >= 0.6 is 0 Å². The molecule has 2 N–H and O–H groups in total. The first-order valence-electron chi connectivity index (χ1n) is 9.61. The van der Waals surface area contributed by atoms with E-state index in [9.17, 15) is 0 Å². The van der Waals surface area contributed by atoms with Crippen molar-refractivity contribution in [3.63, 3.8) is 0 Å². The van der Waals surface area contributed by atoms with E-state index in [1.807, 2.05) is 11.0 Å². The monoisotopic (exact) mass is 334 g/mol. The molecule has 4 heteroatoms. The lowest BCUT2D eigenvalue weighted by Gasteiger charge is -2.39. The van der Waals surface area contributed by atoms with E-state index in [4.69, 9.17) is 9.47 Å². The van der Waals surface area contributed by atoms with E-state index in [1.54, 1.807) is 19.1 Å². The summed E-state index contributed by atoms with van der Waals surface area (Å²) in [7, 11) is 3.45. The van der Waals surface area contributed by atoms with Crippen LogP contribution < -0.4 is 19.3 Å². The molecule has 1 aromatic rings. The van der Waals surface area contributed by atoms with Crippen molar-refractivity contribution in [3.05, 3.63) is 23.8 Å². The van der Waals surface area contributed by atoms with Crippen molar-refractivity contribution in [1.29, 1.82) is 0 Å². The molecular weight excluding hydrogens is 300 g/mol. The molecule has 2 fully saturated rings. The smallest absolute Gasteiger partial charge is 0.169 e. The predicted octanol–water partition coefficient (Wildman–Crippen LogP) is 0.566. The summed E-state index contributed by atoms with van der Waals surface area (Å²) in [4.78, 5) is 3.54. The summed E-state index contributed by atoms with van der Waals surface area (Å²) in [6, 6.07) is 7.13. The first kappa shape index (κ1) is 17.6. The van der Waals surface area contributed by atoms with Gasteiger partial charge in [-0.15, -0.1) is 0 Å². The summed E-state index contributed by atoms with van der Waals surface area (Å²) in [6.07, 6.45) is 5.76. The third-order valence-electron chi connectivity index (χ3n) is 6.16. The van der Waals surface area contributed by atoms with Crippen LogP contribution in [0.4, 0.5) is 0 Å². The van der Waals surface area contributed by atoms with Crippen LogP contribution in [0.2, 0.25) is 0 Å². The van der Waals surface area contributed by atoms with Crippen LogP contribution in [0.5, 0.6) is 11.5 Å². The normalized spacial score (nSPS) is 30.8. The van der Waals surface area contributed by atoms with Gasteiger partial charge in [0, 0.05) is 5.92 Å². The van der Waals surface area contributed by atoms with Crippen molar-refractivity contribution >= 4 is 0 Å². The standard InChI is InChI=1S/C20H32N2O2/c1-16-7-4-5-9-18(16)22-13-11-21(12-14-22)15-17-8-6-10-19(23-2)20(17)24-3/h6,8,10,16,18H,4-5,7,9,11-15H2,1-3H3/p+2/t16-,18-/m0/s1. The van der Waals surface area contributed by atoms with Gasteiger partial charge >= 0.3 is 0 Å². The number of methoxy groups -OCH3 is 2. The summed E-state index contributed by atoms with van der Waals surface area (Å²) in [5, 5.41) is 0. The number of rotatable bonds is 5. The Balaban J connectivity index is 1.58. The van der Waals surface area contributed by atoms with Crippen molar-refractivity contribution in [3.8, 4) is 11.5 Å². The third-order valence-corrected chi connectivity index (χ3v) is 6.16. The van der Waals surface area contributed by atoms with Crippen LogP contribution in [0.1, 0.15) is 38.2 Å². The number of piperazine rings is 1. The molecular formula is C20H34N2O2+2. The molecule has 2 atom stereocenters. The maximum absolute atomic E-state index is 5.60. The number of nitrogens with one attached hydrogen (secondary N) is 2. The summed E-state index contributed by atoms with van der Waals surface area (Å²) < 4.78 is 11.0. The number of hydrogen-bond acceptors (Lipinski definition) is 2. The van der Waals surface area contributed by atoms with Crippen LogP contribution in [0.15, 0.2) is 18.2 Å². The summed E-state index contributed by atoms with van der Waals surface area (Å²) in [5.74, 6) is 2.66. The Kier molecular flexibility index (Phi) is 6.01. The second-order valence-electron chi connectivity index (χ2n) is 7.61. The molecule has 0 unspecified atom stereocenters. The summed E-state index contributed by atoms with van der Waals surface area (Å²) >= 11 is 0. The lowest BCUT2D eigenvalue weighted by molar-refractivity contribution is -1.03. The quantitative estimate of drug-likeness (QED) is 0.824. The number of para-hydroxylation sites is 1. The fourth-order valence-electron chi connectivity index (χ4n) is 4.76. The molecule has 1 saturated carbocycles. The average Bonchev–Trinajstić information content (AvgIpc) is 2.62. The second kappa shape index (κ2) is 8.21. The summed E-state index contributed by atoms with van der Waals surface area (Å²) in [6.45, 7) is 8.66. The first-order chi connectivity index (χ1) is 11.7. The van der Waals surface area contributed by atoms with Crippen LogP contribution in [0.3, 0.4) is 0 Å². The number of benzene rings is 1. The molecule has 0 spiro atoms. The van der Waals surface area contributed by atoms with E-state index < -0.39 is 0 Å². The zero-order valence-electron chi connectivity index (χ0n) is 15.6. The second-order valence-corrected chi connectivity index (χ2v) is 7.61. The Morgan fingerprint density at radius 1 is 1.00 bits per heavy atom. The van der Waals surface area contributed by atoms with Crippen molar-refractivity contribution in [2.45, 2.75) is 45.2 Å². The van der Waals surface area contributed by atoms with E-state index in [0.29, 0.717) is 0 Å². The van der Waals surface area contributed by atoms with Gasteiger partial charge in [0.05, 0.1) is 25.8 Å². The topological polar surface area (TPSA) is 27.3 Å². The lowest BCUT2D eigenvalue weighted by atomic mass is 9.84. The van der Waals surface area contributed by atoms with Gasteiger partial charge in [0.1, 0.15) is 32.7 Å². The Labute approximate surface area is 146 Å². The number of ether oxygens (including phenoxy) is 2. The van der Waals surface area contributed by atoms with Gasteiger partial charge in [-0.3, -0.25) is 0 Å². The maximum Gasteiger partial charge on any atom is 0.169 e. The predicted molar refractivity (Wildman–Crippen MR) is 96.1 cm³/mol. The molecule has 2 aliphatic rings. The minimum absolute atomic E-state index is 0.842. The number of hydrogen-bond donors (Lipinski definition) is 2. The van der Waals surface area contributed by atoms with E-state index in [1.165, 1.54) is 57.4 Å². The van der Waals surface area contributed by atoms with E-state index in [2.05, 4.69) is 19.1 Å². The van der Waals surface area contributed by atoms with Gasteiger partial charge in [-0.05, 0) is 31.4 Å². The first-order valence-corrected chi connectivity index (χ1v) is 9.61. The Morgan fingerprint density at radius 3 is 2.42 bits per heavy atom. The fourth-order valence-corrected chi connectivity index (χ4v) is 4.76. The van der Waals surface area contributed by atoms with Crippen LogP contribution in [-0.4, -0.2) is 46.4 Å². The number of quaternary nitrogens is 2. The van der Waals surface area contributed by atoms with Gasteiger partial charge in [-0.2, -0.15) is 0 Å². The maximum atomic E-state index is 5.60. The molecule has 1 saturated heterocycles. The highest BCUT2D eigenvalue weighted by Crippen LogP contribution is 2.30. The minimum atomic E-state index is 0.842. The van der Waals surface area contributed by atoms with E-state index in [0.717, 1.165) is 30.0 Å². The minimum Gasteiger partial charge on any atom is -0.493 e. The van der Waals surface area contributed by atoms with Crippen molar-refractivity contribution in [1.82, 2.24) is 0 Å². The van der Waals surface area contributed by atoms with Gasteiger partial charge in [0.2, 0.25) is 0 Å². The molecule has 1 aromatic carbocycles. The van der Waals surface area contributed by atoms with Gasteiger partial charge in [0.15, 0.2) is 11.5 Å². The van der Waals surface area contributed by atoms with Crippen LogP contribution in [0.25, 0.3) is 0 Å². The summed E-state index contributed by atoms with van der Waals surface area (Å²) in [5.41, 5.74) is 1.27. The largest absolute Gasteiger partial charge is 0.493 e. The SMILES string of the molecule is COc1cccc(C[NH+]2CC[NH+]([C@H]3CCCC[C@@H]3C)CC2)c1OC. The Bertz CT molecular complexity index is 526. The molecule has 1 heterocycles. The molecule has 134 valence electrons. The van der Waals surface area contributed by atoms with Gasteiger partial charge < -0.3 is 19.3 Å². The zero-order valence-corrected chi connectivity index (χ0v) is 15.6. The van der Waals surface area contributed by atoms with Gasteiger partial charge in [-0.1, -0.05) is 19.4 Å². The van der Waals surface area contributed by atoms with Crippen LogP contribution in [-0.2, 0) is 6.54 Å². The highest BCUT2D eigenvalue weighted by atomic mass is 16.5. The molecule has 4 nitrogen and oxygen atoms in total. The van der Waals surface area contributed by atoms with Crippen molar-refractivity contribution in [2.24, 2.45) is 5.92 Å². The van der Waals surface area contributed by atoms with Gasteiger partial charge in [0.25, 0.3) is 0 Å². The lowest BCUT2D eigenvalue weighted by Crippen LogP contribution is -3.29. The van der Waals surface area contributed by atoms with Crippen molar-refractivity contribution < 1.29 is 19.3 Å². The molecule has 1 aliphatic carbocycles. The molecule has 24 heavy (non-hydrogen) atoms. The Morgan fingerprint density at radius 2 is 1.75 bits per heavy atom. The van der Waals surface area contributed by atoms with Crippen molar-refractivity contribution in [2.75, 3.05) is 40.4 Å². The molecule has 0 bridgehead atoms. The highest BCUT2D eigenvalue weighted by Gasteiger charge is 2.34. The van der Waals surface area contributed by atoms with E-state index >= 15 is 0 Å². The highest BCUT2D eigenvalue weighted by molar-refractivity contribution is 5.46. The molecule has 0 radical (unpaired) electrons. The Hall–Kier alpha value is -1.26. The molecule has 0 amide bonds. The fraction of sp³-hybridized carbons (Fsp3) is 0.700. The van der Waals surface area contributed by atoms with E-state index in [-0.39, 0.29) is 0 Å². The molecule has 0 aromatic heterocycles.